The molecule has 0 amide bonds. The largest absolute Gasteiger partial charge is 0.363 e. The molecule has 1 spiro atoms. The summed E-state index contributed by atoms with van der Waals surface area (Å²) in [6.07, 6.45) is 12.9. The highest BCUT2D eigenvalue weighted by Gasteiger charge is 2.63. The van der Waals surface area contributed by atoms with E-state index in [9.17, 15) is 4.79 Å². The summed E-state index contributed by atoms with van der Waals surface area (Å²) in [5, 5.41) is 0. The second-order valence-corrected chi connectivity index (χ2v) is 7.71. The predicted octanol–water partition coefficient (Wildman–Crippen LogP) is 4.43. The zero-order chi connectivity index (χ0) is 14.4. The molecule has 0 radical (unpaired) electrons. The normalized spacial score (nSPS) is 46.2. The number of allylic oxidation sites excluding steroid dienone is 1. The van der Waals surface area contributed by atoms with Gasteiger partial charge in [-0.2, -0.15) is 0 Å². The van der Waals surface area contributed by atoms with Gasteiger partial charge in [0.15, 0.2) is 0 Å². The Morgan fingerprint density at radius 1 is 1.35 bits per heavy atom. The van der Waals surface area contributed by atoms with E-state index in [0.717, 1.165) is 12.8 Å². The van der Waals surface area contributed by atoms with Gasteiger partial charge in [-0.25, -0.2) is 0 Å². The molecular formula is C18H28O2. The van der Waals surface area contributed by atoms with E-state index in [0.29, 0.717) is 24.5 Å². The third-order valence-corrected chi connectivity index (χ3v) is 6.22. The molecule has 0 aromatic carbocycles. The molecule has 112 valence electrons. The minimum atomic E-state index is -0.230. The molecule has 2 bridgehead atoms. The van der Waals surface area contributed by atoms with Crippen LogP contribution >= 0.6 is 0 Å². The molecule has 2 heteroatoms. The lowest BCUT2D eigenvalue weighted by molar-refractivity contribution is -0.144. The molecule has 0 aromatic rings. The van der Waals surface area contributed by atoms with E-state index in [1.807, 2.05) is 0 Å². The van der Waals surface area contributed by atoms with Crippen molar-refractivity contribution in [2.45, 2.75) is 83.3 Å². The molecule has 0 aromatic heterocycles. The summed E-state index contributed by atoms with van der Waals surface area (Å²) in [6, 6.07) is 0. The van der Waals surface area contributed by atoms with Crippen LogP contribution in [0.5, 0.6) is 0 Å². The Bertz CT molecular complexity index is 441. The fraction of sp³-hybridized carbons (Fsp3) is 0.833. The molecule has 1 heterocycles. The van der Waals surface area contributed by atoms with Gasteiger partial charge in [0.25, 0.3) is 0 Å². The number of Topliss-reactive ketones (excluding diaryl/α,β-unsaturated/α-hetero) is 1. The molecule has 1 aliphatic heterocycles. The van der Waals surface area contributed by atoms with Crippen LogP contribution in [0, 0.1) is 11.3 Å². The second-order valence-electron chi connectivity index (χ2n) is 7.71. The van der Waals surface area contributed by atoms with Gasteiger partial charge in [0.2, 0.25) is 0 Å². The molecule has 2 fully saturated rings. The molecule has 3 rings (SSSR count). The summed E-state index contributed by atoms with van der Waals surface area (Å²) in [5.74, 6) is 0.930. The summed E-state index contributed by atoms with van der Waals surface area (Å²) >= 11 is 0. The number of ether oxygens (including phenoxy) is 1. The zero-order valence-corrected chi connectivity index (χ0v) is 13.2. The van der Waals surface area contributed by atoms with Gasteiger partial charge in [-0.1, -0.05) is 26.0 Å². The van der Waals surface area contributed by atoms with E-state index in [2.05, 4.69) is 32.9 Å². The molecule has 20 heavy (non-hydrogen) atoms. The van der Waals surface area contributed by atoms with Crippen LogP contribution < -0.4 is 0 Å². The number of carbonyl (C=O) groups is 1. The average molecular weight is 276 g/mol. The Hall–Kier alpha value is -0.630. The molecule has 1 saturated carbocycles. The van der Waals surface area contributed by atoms with Crippen molar-refractivity contribution in [2.24, 2.45) is 11.3 Å². The highest BCUT2D eigenvalue weighted by Crippen LogP contribution is 2.63. The first-order valence-electron chi connectivity index (χ1n) is 8.33. The highest BCUT2D eigenvalue weighted by molar-refractivity contribution is 5.79. The number of hydrogen-bond acceptors (Lipinski definition) is 2. The van der Waals surface area contributed by atoms with Gasteiger partial charge in [-0.05, 0) is 51.4 Å². The van der Waals surface area contributed by atoms with E-state index in [-0.39, 0.29) is 16.6 Å². The molecular weight excluding hydrogens is 248 g/mol. The maximum atomic E-state index is 12.1. The number of hydrogen-bond donors (Lipinski definition) is 0. The van der Waals surface area contributed by atoms with Crippen LogP contribution in [0.4, 0.5) is 0 Å². The topological polar surface area (TPSA) is 26.3 Å². The third kappa shape index (κ3) is 1.99. The summed E-state index contributed by atoms with van der Waals surface area (Å²) in [4.78, 5) is 12.1. The Balaban J connectivity index is 1.86. The van der Waals surface area contributed by atoms with E-state index >= 15 is 0 Å². The van der Waals surface area contributed by atoms with Crippen molar-refractivity contribution in [3.05, 3.63) is 12.2 Å². The maximum absolute atomic E-state index is 12.1. The summed E-state index contributed by atoms with van der Waals surface area (Å²) in [6.45, 7) is 6.66. The van der Waals surface area contributed by atoms with Crippen LogP contribution in [0.25, 0.3) is 0 Å². The van der Waals surface area contributed by atoms with Crippen LogP contribution in [-0.4, -0.2) is 17.0 Å². The molecule has 1 saturated heterocycles. The van der Waals surface area contributed by atoms with Crippen molar-refractivity contribution in [2.75, 3.05) is 0 Å². The second kappa shape index (κ2) is 4.69. The Morgan fingerprint density at radius 3 is 2.90 bits per heavy atom. The average Bonchev–Trinajstić information content (AvgIpc) is 2.61. The summed E-state index contributed by atoms with van der Waals surface area (Å²) in [5.41, 5.74) is -0.0368. The quantitative estimate of drug-likeness (QED) is 0.710. The smallest absolute Gasteiger partial charge is 0.135 e. The van der Waals surface area contributed by atoms with E-state index in [1.54, 1.807) is 0 Å². The highest BCUT2D eigenvalue weighted by atomic mass is 16.5. The third-order valence-electron chi connectivity index (χ3n) is 6.22. The molecule has 0 N–H and O–H groups in total. The Kier molecular flexibility index (Phi) is 3.36. The minimum absolute atomic E-state index is 0.0879. The van der Waals surface area contributed by atoms with Crippen molar-refractivity contribution in [3.63, 3.8) is 0 Å². The van der Waals surface area contributed by atoms with Gasteiger partial charge in [0.05, 0.1) is 11.2 Å². The predicted molar refractivity (Wildman–Crippen MR) is 80.6 cm³/mol. The lowest BCUT2D eigenvalue weighted by atomic mass is 9.58. The van der Waals surface area contributed by atoms with Crippen molar-refractivity contribution in [1.82, 2.24) is 0 Å². The van der Waals surface area contributed by atoms with Crippen LogP contribution in [0.1, 0.15) is 72.1 Å². The first kappa shape index (κ1) is 14.3. The first-order chi connectivity index (χ1) is 9.43. The van der Waals surface area contributed by atoms with Gasteiger partial charge in [-0.15, -0.1) is 0 Å². The van der Waals surface area contributed by atoms with Crippen LogP contribution in [0.3, 0.4) is 0 Å². The van der Waals surface area contributed by atoms with Gasteiger partial charge in [0, 0.05) is 18.3 Å². The van der Waals surface area contributed by atoms with Gasteiger partial charge >= 0.3 is 0 Å². The minimum Gasteiger partial charge on any atom is -0.363 e. The van der Waals surface area contributed by atoms with Crippen molar-refractivity contribution < 1.29 is 9.53 Å². The number of rotatable bonds is 4. The molecule has 3 aliphatic rings. The lowest BCUT2D eigenvalue weighted by Crippen LogP contribution is -2.48. The molecule has 2 nitrogen and oxygen atoms in total. The van der Waals surface area contributed by atoms with E-state index in [1.165, 1.54) is 25.7 Å². The SMILES string of the molecule is CCCC(=O)CC1(C)O[C@]23C=CCC[C@@]2(C)CC[C@@H]1C3. The fourth-order valence-electron chi connectivity index (χ4n) is 4.86. The van der Waals surface area contributed by atoms with E-state index in [4.69, 9.17) is 4.74 Å². The van der Waals surface area contributed by atoms with Crippen LogP contribution in [0.2, 0.25) is 0 Å². The Labute approximate surface area is 123 Å². The van der Waals surface area contributed by atoms with Crippen molar-refractivity contribution in [1.29, 1.82) is 0 Å². The molecule has 1 unspecified atom stereocenters. The van der Waals surface area contributed by atoms with Crippen molar-refractivity contribution >= 4 is 5.78 Å². The van der Waals surface area contributed by atoms with Gasteiger partial charge in [-0.3, -0.25) is 4.79 Å². The molecule has 2 aliphatic carbocycles. The van der Waals surface area contributed by atoms with Crippen LogP contribution in [-0.2, 0) is 9.53 Å². The summed E-state index contributed by atoms with van der Waals surface area (Å²) in [7, 11) is 0. The number of ketones is 1. The van der Waals surface area contributed by atoms with Crippen LogP contribution in [0.15, 0.2) is 12.2 Å². The van der Waals surface area contributed by atoms with Gasteiger partial charge < -0.3 is 4.74 Å². The zero-order valence-electron chi connectivity index (χ0n) is 13.2. The maximum Gasteiger partial charge on any atom is 0.135 e. The fourth-order valence-corrected chi connectivity index (χ4v) is 4.86. The monoisotopic (exact) mass is 276 g/mol. The Morgan fingerprint density at radius 2 is 2.15 bits per heavy atom. The van der Waals surface area contributed by atoms with Crippen molar-refractivity contribution in [3.8, 4) is 0 Å². The lowest BCUT2D eigenvalue weighted by Gasteiger charge is -2.49. The van der Waals surface area contributed by atoms with Gasteiger partial charge in [0.1, 0.15) is 5.78 Å². The summed E-state index contributed by atoms with van der Waals surface area (Å²) < 4.78 is 6.68. The standard InChI is InChI=1S/C18H28O2/c1-4-7-15(19)13-17(3)14-8-11-16(2)9-5-6-10-18(16,12-14)20-17/h6,10,14H,4-5,7-9,11-13H2,1-3H3/t14-,16+,17?,18+/m1/s1. The number of carbonyl (C=O) groups excluding carboxylic acids is 1. The number of fused-ring (bicyclic) bond motifs is 1. The van der Waals surface area contributed by atoms with E-state index < -0.39 is 0 Å². The first-order valence-corrected chi connectivity index (χ1v) is 8.33. The molecule has 4 atom stereocenters.